The lowest BCUT2D eigenvalue weighted by Gasteiger charge is -2.09. The van der Waals surface area contributed by atoms with Crippen molar-refractivity contribution >= 4 is 17.5 Å². The van der Waals surface area contributed by atoms with Gasteiger partial charge in [0.25, 0.3) is 0 Å². The highest BCUT2D eigenvalue weighted by molar-refractivity contribution is 7.99. The fourth-order valence-corrected chi connectivity index (χ4v) is 4.47. The summed E-state index contributed by atoms with van der Waals surface area (Å²) in [6.45, 7) is 8.14. The standard InChI is InChI=1S/C21H24N4OS/c1-13-5-7-18(8-6-13)25-16(4)22-23-21(25)27-12-20(26)19-11-14(2)24(15(19)3)17-9-10-17/h5-8,11,17H,9-10,12H2,1-4H3. The SMILES string of the molecule is Cc1ccc(-n2c(C)nnc2SCC(=O)c2cc(C)n(C3CC3)c2C)cc1. The molecule has 0 radical (unpaired) electrons. The molecule has 3 aromatic rings. The Morgan fingerprint density at radius 3 is 2.48 bits per heavy atom. The van der Waals surface area contributed by atoms with Crippen molar-refractivity contribution in [2.45, 2.75) is 51.7 Å². The van der Waals surface area contributed by atoms with Crippen LogP contribution in [0.3, 0.4) is 0 Å². The second-order valence-electron chi connectivity index (χ2n) is 7.30. The molecule has 140 valence electrons. The Morgan fingerprint density at radius 2 is 1.81 bits per heavy atom. The van der Waals surface area contributed by atoms with Crippen LogP contribution >= 0.6 is 11.8 Å². The summed E-state index contributed by atoms with van der Waals surface area (Å²) in [6.07, 6.45) is 2.44. The van der Waals surface area contributed by atoms with Gasteiger partial charge >= 0.3 is 0 Å². The number of rotatable bonds is 6. The lowest BCUT2D eigenvalue weighted by molar-refractivity contribution is 0.102. The maximum Gasteiger partial charge on any atom is 0.196 e. The predicted octanol–water partition coefficient (Wildman–Crippen LogP) is 4.61. The zero-order valence-corrected chi connectivity index (χ0v) is 17.0. The molecule has 1 saturated carbocycles. The van der Waals surface area contributed by atoms with Crippen LogP contribution in [0.5, 0.6) is 0 Å². The minimum Gasteiger partial charge on any atom is -0.345 e. The summed E-state index contributed by atoms with van der Waals surface area (Å²) in [5.74, 6) is 1.33. The normalized spacial score (nSPS) is 13.9. The first-order chi connectivity index (χ1) is 13.0. The Morgan fingerprint density at radius 1 is 1.11 bits per heavy atom. The van der Waals surface area contributed by atoms with Crippen LogP contribution < -0.4 is 0 Å². The number of nitrogens with zero attached hydrogens (tertiary/aromatic N) is 4. The molecule has 0 unspecified atom stereocenters. The number of aromatic nitrogens is 4. The molecule has 6 heteroatoms. The van der Waals surface area contributed by atoms with Gasteiger partial charge < -0.3 is 4.57 Å². The summed E-state index contributed by atoms with van der Waals surface area (Å²) < 4.78 is 4.32. The van der Waals surface area contributed by atoms with Crippen molar-refractivity contribution in [3.8, 4) is 5.69 Å². The molecule has 0 atom stereocenters. The summed E-state index contributed by atoms with van der Waals surface area (Å²) in [4.78, 5) is 12.9. The maximum absolute atomic E-state index is 12.9. The van der Waals surface area contributed by atoms with E-state index in [1.165, 1.54) is 35.9 Å². The summed E-state index contributed by atoms with van der Waals surface area (Å²) in [5.41, 5.74) is 5.34. The monoisotopic (exact) mass is 380 g/mol. The van der Waals surface area contributed by atoms with E-state index in [-0.39, 0.29) is 5.78 Å². The van der Waals surface area contributed by atoms with Crippen LogP contribution in [-0.4, -0.2) is 30.9 Å². The summed E-state index contributed by atoms with van der Waals surface area (Å²) >= 11 is 1.45. The zero-order valence-electron chi connectivity index (χ0n) is 16.2. The van der Waals surface area contributed by atoms with Gasteiger partial charge in [-0.15, -0.1) is 10.2 Å². The van der Waals surface area contributed by atoms with Gasteiger partial charge in [-0.1, -0.05) is 29.5 Å². The number of Topliss-reactive ketones (excluding diaryl/α,β-unsaturated/α-hetero) is 1. The lowest BCUT2D eigenvalue weighted by atomic mass is 10.2. The Labute approximate surface area is 163 Å². The number of ketones is 1. The Balaban J connectivity index is 1.54. The molecule has 2 heterocycles. The van der Waals surface area contributed by atoms with Gasteiger partial charge in [-0.3, -0.25) is 9.36 Å². The fraction of sp³-hybridized carbons (Fsp3) is 0.381. The minimum atomic E-state index is 0.149. The quantitative estimate of drug-likeness (QED) is 0.463. The second kappa shape index (κ2) is 7.00. The molecule has 27 heavy (non-hydrogen) atoms. The third-order valence-corrected chi connectivity index (χ3v) is 6.05. The third kappa shape index (κ3) is 3.46. The van der Waals surface area contributed by atoms with Gasteiger partial charge in [0.2, 0.25) is 0 Å². The van der Waals surface area contributed by atoms with Crippen molar-refractivity contribution < 1.29 is 4.79 Å². The lowest BCUT2D eigenvalue weighted by Crippen LogP contribution is -2.07. The van der Waals surface area contributed by atoms with Gasteiger partial charge in [0, 0.05) is 28.7 Å². The van der Waals surface area contributed by atoms with Gasteiger partial charge in [0.05, 0.1) is 5.75 Å². The largest absolute Gasteiger partial charge is 0.345 e. The highest BCUT2D eigenvalue weighted by Crippen LogP contribution is 2.38. The molecule has 5 nitrogen and oxygen atoms in total. The average molecular weight is 381 g/mol. The molecular weight excluding hydrogens is 356 g/mol. The number of benzene rings is 1. The zero-order chi connectivity index (χ0) is 19.1. The minimum absolute atomic E-state index is 0.149. The number of hydrogen-bond donors (Lipinski definition) is 0. The van der Waals surface area contributed by atoms with E-state index in [4.69, 9.17) is 0 Å². The van der Waals surface area contributed by atoms with Crippen LogP contribution in [0, 0.1) is 27.7 Å². The second-order valence-corrected chi connectivity index (χ2v) is 8.24. The van der Waals surface area contributed by atoms with E-state index in [0.29, 0.717) is 11.8 Å². The fourth-order valence-electron chi connectivity index (χ4n) is 3.59. The first-order valence-electron chi connectivity index (χ1n) is 9.29. The van der Waals surface area contributed by atoms with Crippen LogP contribution in [0.2, 0.25) is 0 Å². The van der Waals surface area contributed by atoms with Crippen molar-refractivity contribution in [2.24, 2.45) is 0 Å². The van der Waals surface area contributed by atoms with Crippen LogP contribution in [0.15, 0.2) is 35.5 Å². The van der Waals surface area contributed by atoms with Crippen molar-refractivity contribution in [1.29, 1.82) is 0 Å². The van der Waals surface area contributed by atoms with Gasteiger partial charge in [0.1, 0.15) is 5.82 Å². The molecule has 4 rings (SSSR count). The van der Waals surface area contributed by atoms with Gasteiger partial charge in [-0.25, -0.2) is 0 Å². The van der Waals surface area contributed by atoms with Gasteiger partial charge in [-0.05, 0) is 58.7 Å². The van der Waals surface area contributed by atoms with Crippen molar-refractivity contribution in [3.63, 3.8) is 0 Å². The molecule has 0 N–H and O–H groups in total. The molecule has 1 aliphatic rings. The predicted molar refractivity (Wildman–Crippen MR) is 108 cm³/mol. The molecule has 0 amide bonds. The molecule has 1 fully saturated rings. The van der Waals surface area contributed by atoms with E-state index in [2.05, 4.69) is 59.8 Å². The van der Waals surface area contributed by atoms with E-state index in [1.807, 2.05) is 17.6 Å². The van der Waals surface area contributed by atoms with Crippen molar-refractivity contribution in [1.82, 2.24) is 19.3 Å². The number of hydrogen-bond acceptors (Lipinski definition) is 4. The van der Waals surface area contributed by atoms with Gasteiger partial charge in [0.15, 0.2) is 10.9 Å². The number of thioether (sulfide) groups is 1. The van der Waals surface area contributed by atoms with Crippen molar-refractivity contribution in [2.75, 3.05) is 5.75 Å². The first-order valence-corrected chi connectivity index (χ1v) is 10.3. The van der Waals surface area contributed by atoms with Crippen LogP contribution in [-0.2, 0) is 0 Å². The van der Waals surface area contributed by atoms with Crippen LogP contribution in [0.1, 0.15) is 52.0 Å². The van der Waals surface area contributed by atoms with Crippen LogP contribution in [0.4, 0.5) is 0 Å². The molecular formula is C21H24N4OS. The molecule has 0 bridgehead atoms. The van der Waals surface area contributed by atoms with Crippen molar-refractivity contribution in [3.05, 3.63) is 58.7 Å². The van der Waals surface area contributed by atoms with E-state index >= 15 is 0 Å². The number of aryl methyl sites for hydroxylation is 3. The molecule has 0 aliphatic heterocycles. The van der Waals surface area contributed by atoms with E-state index in [0.717, 1.165) is 27.9 Å². The summed E-state index contributed by atoms with van der Waals surface area (Å²) in [6, 6.07) is 10.9. The van der Waals surface area contributed by atoms with Gasteiger partial charge in [-0.2, -0.15) is 0 Å². The highest BCUT2D eigenvalue weighted by Gasteiger charge is 2.28. The molecule has 1 aliphatic carbocycles. The Bertz CT molecular complexity index is 996. The summed E-state index contributed by atoms with van der Waals surface area (Å²) in [7, 11) is 0. The molecule has 1 aromatic carbocycles. The maximum atomic E-state index is 12.9. The van der Waals surface area contributed by atoms with E-state index < -0.39 is 0 Å². The highest BCUT2D eigenvalue weighted by atomic mass is 32.2. The first kappa shape index (κ1) is 18.0. The average Bonchev–Trinajstić information content (AvgIpc) is 3.34. The molecule has 2 aromatic heterocycles. The van der Waals surface area contributed by atoms with E-state index in [9.17, 15) is 4.79 Å². The van der Waals surface area contributed by atoms with E-state index in [1.54, 1.807) is 0 Å². The van der Waals surface area contributed by atoms with Crippen LogP contribution in [0.25, 0.3) is 5.69 Å². The number of carbonyl (C=O) groups is 1. The molecule has 0 spiro atoms. The smallest absolute Gasteiger partial charge is 0.196 e. The summed E-state index contributed by atoms with van der Waals surface area (Å²) in [5, 5.41) is 9.24. The number of carbonyl (C=O) groups excluding carboxylic acids is 1. The molecule has 0 saturated heterocycles. The Hall–Kier alpha value is -2.34. The topological polar surface area (TPSA) is 52.7 Å². The third-order valence-electron chi connectivity index (χ3n) is 5.12. The Kier molecular flexibility index (Phi) is 4.68.